The van der Waals surface area contributed by atoms with Crippen LogP contribution in [0.3, 0.4) is 0 Å². The lowest BCUT2D eigenvalue weighted by Crippen LogP contribution is -2.34. The molecule has 1 heterocycles. The summed E-state index contributed by atoms with van der Waals surface area (Å²) in [6.07, 6.45) is 2.52. The molecule has 96 valence electrons. The number of oxazole rings is 1. The minimum absolute atomic E-state index is 0.0159. The zero-order valence-electron chi connectivity index (χ0n) is 10.7. The first-order chi connectivity index (χ1) is 8.17. The number of rotatable bonds is 7. The second-order valence-electron chi connectivity index (χ2n) is 4.00. The number of nitrogens with one attached hydrogen (secondary N) is 2. The van der Waals surface area contributed by atoms with Crippen molar-refractivity contribution in [2.75, 3.05) is 13.1 Å². The normalized spacial score (nSPS) is 12.4. The molecule has 0 fully saturated rings. The van der Waals surface area contributed by atoms with Gasteiger partial charge >= 0.3 is 0 Å². The molecule has 1 atom stereocenters. The Kier molecular flexibility index (Phi) is 5.69. The minimum atomic E-state index is -0.0458. The van der Waals surface area contributed by atoms with Gasteiger partial charge in [0.2, 0.25) is 11.8 Å². The number of hydrogen-bond donors (Lipinski definition) is 2. The van der Waals surface area contributed by atoms with Crippen molar-refractivity contribution in [3.63, 3.8) is 0 Å². The summed E-state index contributed by atoms with van der Waals surface area (Å²) in [5, 5.41) is 5.95. The van der Waals surface area contributed by atoms with Crippen molar-refractivity contribution < 1.29 is 9.21 Å². The van der Waals surface area contributed by atoms with Crippen molar-refractivity contribution in [3.05, 3.63) is 17.8 Å². The van der Waals surface area contributed by atoms with Crippen molar-refractivity contribution in [1.82, 2.24) is 15.6 Å². The molecule has 17 heavy (non-hydrogen) atoms. The average Bonchev–Trinajstić information content (AvgIpc) is 2.80. The summed E-state index contributed by atoms with van der Waals surface area (Å²) >= 11 is 0. The Labute approximate surface area is 102 Å². The Hall–Kier alpha value is -1.36. The van der Waals surface area contributed by atoms with E-state index < -0.39 is 0 Å². The van der Waals surface area contributed by atoms with Crippen LogP contribution in [-0.2, 0) is 17.8 Å². The van der Waals surface area contributed by atoms with Crippen molar-refractivity contribution >= 4 is 5.91 Å². The second kappa shape index (κ2) is 7.06. The predicted molar refractivity (Wildman–Crippen MR) is 65.4 cm³/mol. The van der Waals surface area contributed by atoms with Crippen LogP contribution in [-0.4, -0.2) is 24.0 Å². The first kappa shape index (κ1) is 13.7. The second-order valence-corrected chi connectivity index (χ2v) is 4.00. The molecule has 2 N–H and O–H groups in total. The van der Waals surface area contributed by atoms with Crippen LogP contribution in [0.4, 0.5) is 0 Å². The molecule has 0 spiro atoms. The predicted octanol–water partition coefficient (Wildman–Crippen LogP) is 1.10. The van der Waals surface area contributed by atoms with Crippen LogP contribution in [0, 0.1) is 5.92 Å². The molecule has 0 aliphatic rings. The van der Waals surface area contributed by atoms with Gasteiger partial charge in [0.1, 0.15) is 5.76 Å². The van der Waals surface area contributed by atoms with E-state index in [1.807, 2.05) is 20.8 Å². The molecule has 1 amide bonds. The van der Waals surface area contributed by atoms with Crippen molar-refractivity contribution in [3.8, 4) is 0 Å². The van der Waals surface area contributed by atoms with E-state index in [1.165, 1.54) is 0 Å². The van der Waals surface area contributed by atoms with E-state index in [4.69, 9.17) is 4.42 Å². The zero-order valence-corrected chi connectivity index (χ0v) is 10.7. The molecule has 0 bridgehead atoms. The molecule has 0 radical (unpaired) electrons. The summed E-state index contributed by atoms with van der Waals surface area (Å²) in [6.45, 7) is 7.83. The Morgan fingerprint density at radius 3 is 2.88 bits per heavy atom. The fourth-order valence-corrected chi connectivity index (χ4v) is 1.38. The standard InChI is InChI=1S/C12H21N3O2/c1-4-10-7-14-11(17-10)8-15-12(16)9(3)6-13-5-2/h7,9,13H,4-6,8H2,1-3H3,(H,15,16). The van der Waals surface area contributed by atoms with Crippen LogP contribution >= 0.6 is 0 Å². The van der Waals surface area contributed by atoms with Crippen LogP contribution in [0.25, 0.3) is 0 Å². The van der Waals surface area contributed by atoms with Crippen molar-refractivity contribution in [2.24, 2.45) is 5.92 Å². The van der Waals surface area contributed by atoms with Crippen LogP contribution in [0.2, 0.25) is 0 Å². The minimum Gasteiger partial charge on any atom is -0.444 e. The number of carbonyl (C=O) groups is 1. The number of carbonyl (C=O) groups excluding carboxylic acids is 1. The summed E-state index contributed by atoms with van der Waals surface area (Å²) in [6, 6.07) is 0. The van der Waals surface area contributed by atoms with Gasteiger partial charge in [-0.05, 0) is 6.54 Å². The lowest BCUT2D eigenvalue weighted by molar-refractivity contribution is -0.124. The van der Waals surface area contributed by atoms with E-state index in [0.717, 1.165) is 18.7 Å². The smallest absolute Gasteiger partial charge is 0.224 e. The maximum absolute atomic E-state index is 11.7. The molecule has 0 aliphatic carbocycles. The molecular weight excluding hydrogens is 218 g/mol. The van der Waals surface area contributed by atoms with Gasteiger partial charge in [-0.3, -0.25) is 4.79 Å². The highest BCUT2D eigenvalue weighted by atomic mass is 16.4. The molecule has 1 unspecified atom stereocenters. The largest absolute Gasteiger partial charge is 0.444 e. The van der Waals surface area contributed by atoms with E-state index in [2.05, 4.69) is 15.6 Å². The van der Waals surface area contributed by atoms with Crippen molar-refractivity contribution in [2.45, 2.75) is 33.7 Å². The fourth-order valence-electron chi connectivity index (χ4n) is 1.38. The van der Waals surface area contributed by atoms with Gasteiger partial charge in [0.25, 0.3) is 0 Å². The highest BCUT2D eigenvalue weighted by Crippen LogP contribution is 2.04. The lowest BCUT2D eigenvalue weighted by atomic mass is 10.1. The van der Waals surface area contributed by atoms with Gasteiger partial charge in [-0.1, -0.05) is 20.8 Å². The maximum atomic E-state index is 11.7. The summed E-state index contributed by atoms with van der Waals surface area (Å²) in [5.74, 6) is 1.37. The molecular formula is C12H21N3O2. The molecule has 0 saturated carbocycles. The van der Waals surface area contributed by atoms with Crippen LogP contribution in [0.1, 0.15) is 32.4 Å². The first-order valence-corrected chi connectivity index (χ1v) is 6.09. The topological polar surface area (TPSA) is 67.2 Å². The number of hydrogen-bond acceptors (Lipinski definition) is 4. The molecule has 1 rings (SSSR count). The number of aryl methyl sites for hydroxylation is 1. The van der Waals surface area contributed by atoms with Gasteiger partial charge in [-0.15, -0.1) is 0 Å². The van der Waals surface area contributed by atoms with Gasteiger partial charge in [-0.2, -0.15) is 0 Å². The molecule has 5 nitrogen and oxygen atoms in total. The number of aromatic nitrogens is 1. The van der Waals surface area contributed by atoms with Gasteiger partial charge in [0, 0.05) is 18.9 Å². The third kappa shape index (κ3) is 4.56. The molecule has 1 aromatic heterocycles. The van der Waals surface area contributed by atoms with E-state index in [0.29, 0.717) is 19.0 Å². The molecule has 5 heteroatoms. The van der Waals surface area contributed by atoms with Gasteiger partial charge in [-0.25, -0.2) is 4.98 Å². The summed E-state index contributed by atoms with van der Waals surface area (Å²) in [7, 11) is 0. The first-order valence-electron chi connectivity index (χ1n) is 6.09. The van der Waals surface area contributed by atoms with Crippen LogP contribution < -0.4 is 10.6 Å². The zero-order chi connectivity index (χ0) is 12.7. The molecule has 0 aromatic carbocycles. The van der Waals surface area contributed by atoms with E-state index in [1.54, 1.807) is 6.20 Å². The summed E-state index contributed by atoms with van der Waals surface area (Å²) < 4.78 is 5.40. The highest BCUT2D eigenvalue weighted by molar-refractivity contribution is 5.78. The SMILES string of the molecule is CCNCC(C)C(=O)NCc1ncc(CC)o1. The van der Waals surface area contributed by atoms with E-state index in [9.17, 15) is 4.79 Å². The summed E-state index contributed by atoms with van der Waals surface area (Å²) in [4.78, 5) is 15.8. The Bertz CT molecular complexity index is 349. The van der Waals surface area contributed by atoms with Gasteiger partial charge in [0.15, 0.2) is 0 Å². The van der Waals surface area contributed by atoms with Crippen molar-refractivity contribution in [1.29, 1.82) is 0 Å². The van der Waals surface area contributed by atoms with Gasteiger partial charge in [0.05, 0.1) is 12.7 Å². The van der Waals surface area contributed by atoms with Gasteiger partial charge < -0.3 is 15.1 Å². The highest BCUT2D eigenvalue weighted by Gasteiger charge is 2.12. The van der Waals surface area contributed by atoms with E-state index in [-0.39, 0.29) is 11.8 Å². The Morgan fingerprint density at radius 1 is 1.53 bits per heavy atom. The molecule has 0 saturated heterocycles. The third-order valence-electron chi connectivity index (χ3n) is 2.51. The maximum Gasteiger partial charge on any atom is 0.224 e. The Morgan fingerprint density at radius 2 is 2.29 bits per heavy atom. The number of nitrogens with zero attached hydrogens (tertiary/aromatic N) is 1. The monoisotopic (exact) mass is 239 g/mol. The third-order valence-corrected chi connectivity index (χ3v) is 2.51. The fraction of sp³-hybridized carbons (Fsp3) is 0.667. The number of amides is 1. The Balaban J connectivity index is 2.32. The van der Waals surface area contributed by atoms with E-state index >= 15 is 0 Å². The van der Waals surface area contributed by atoms with Crippen LogP contribution in [0.5, 0.6) is 0 Å². The lowest BCUT2D eigenvalue weighted by Gasteiger charge is -2.11. The molecule has 0 aliphatic heterocycles. The average molecular weight is 239 g/mol. The quantitative estimate of drug-likeness (QED) is 0.747. The molecule has 1 aromatic rings. The summed E-state index contributed by atoms with van der Waals surface area (Å²) in [5.41, 5.74) is 0. The van der Waals surface area contributed by atoms with Crippen LogP contribution in [0.15, 0.2) is 10.6 Å².